The van der Waals surface area contributed by atoms with Crippen molar-refractivity contribution < 1.29 is 4.79 Å². The number of anilines is 2. The Morgan fingerprint density at radius 2 is 1.80 bits per heavy atom. The second-order valence-corrected chi connectivity index (χ2v) is 5.41. The first kappa shape index (κ1) is 12.9. The fourth-order valence-corrected chi connectivity index (χ4v) is 2.75. The van der Waals surface area contributed by atoms with Crippen molar-refractivity contribution in [3.63, 3.8) is 0 Å². The van der Waals surface area contributed by atoms with E-state index in [9.17, 15) is 4.79 Å². The molecule has 0 bridgehead atoms. The molecule has 0 aliphatic carbocycles. The van der Waals surface area contributed by atoms with Gasteiger partial charge in [0, 0.05) is 12.0 Å². The molecule has 102 valence electrons. The van der Waals surface area contributed by atoms with E-state index < -0.39 is 0 Å². The van der Waals surface area contributed by atoms with Crippen LogP contribution in [-0.2, 0) is 4.79 Å². The van der Waals surface area contributed by atoms with Crippen LogP contribution in [0.3, 0.4) is 0 Å². The molecule has 0 spiro atoms. The van der Waals surface area contributed by atoms with Gasteiger partial charge in [0.2, 0.25) is 5.91 Å². The number of carbonyl (C=O) groups is 1. The maximum atomic E-state index is 12.2. The van der Waals surface area contributed by atoms with E-state index in [1.54, 1.807) is 0 Å². The number of nitrogens with zero attached hydrogens (tertiary/aromatic N) is 1. The SMILES string of the molecule is CCCC(=O)N1c2c(-c3ccccc3)cc(C)c(C)c21. The van der Waals surface area contributed by atoms with Crippen LogP contribution in [0.2, 0.25) is 0 Å². The zero-order valence-electron chi connectivity index (χ0n) is 12.2. The summed E-state index contributed by atoms with van der Waals surface area (Å²) >= 11 is 0. The molecule has 0 atom stereocenters. The molecule has 0 aromatic heterocycles. The minimum Gasteiger partial charge on any atom is -0.276 e. The first-order valence-corrected chi connectivity index (χ1v) is 7.17. The highest BCUT2D eigenvalue weighted by atomic mass is 16.2. The first-order chi connectivity index (χ1) is 9.65. The molecule has 3 rings (SSSR count). The fourth-order valence-electron chi connectivity index (χ4n) is 2.75. The predicted octanol–water partition coefficient (Wildman–Crippen LogP) is 4.75. The van der Waals surface area contributed by atoms with Gasteiger partial charge < -0.3 is 0 Å². The van der Waals surface area contributed by atoms with Gasteiger partial charge in [0.15, 0.2) is 0 Å². The lowest BCUT2D eigenvalue weighted by Crippen LogP contribution is -2.12. The van der Waals surface area contributed by atoms with Crippen LogP contribution in [0.25, 0.3) is 11.1 Å². The first-order valence-electron chi connectivity index (χ1n) is 7.17. The Balaban J connectivity index is 2.09. The molecule has 2 aromatic carbocycles. The topological polar surface area (TPSA) is 20.1 Å². The van der Waals surface area contributed by atoms with E-state index in [2.05, 4.69) is 32.0 Å². The van der Waals surface area contributed by atoms with Gasteiger partial charge in [-0.25, -0.2) is 0 Å². The van der Waals surface area contributed by atoms with E-state index in [-0.39, 0.29) is 5.91 Å². The van der Waals surface area contributed by atoms with Crippen LogP contribution in [0.4, 0.5) is 11.4 Å². The Hall–Kier alpha value is -2.09. The minimum absolute atomic E-state index is 0.216. The van der Waals surface area contributed by atoms with E-state index in [0.29, 0.717) is 6.42 Å². The third-order valence-electron chi connectivity index (χ3n) is 3.98. The lowest BCUT2D eigenvalue weighted by atomic mass is 10.0. The average Bonchev–Trinajstić information content (AvgIpc) is 3.20. The van der Waals surface area contributed by atoms with E-state index in [1.807, 2.05) is 30.0 Å². The van der Waals surface area contributed by atoms with E-state index in [4.69, 9.17) is 0 Å². The van der Waals surface area contributed by atoms with Crippen LogP contribution in [0, 0.1) is 13.8 Å². The summed E-state index contributed by atoms with van der Waals surface area (Å²) in [5.74, 6) is 0.216. The molecule has 0 unspecified atom stereocenters. The highest BCUT2D eigenvalue weighted by molar-refractivity contribution is 6.21. The minimum atomic E-state index is 0.216. The molecule has 0 fully saturated rings. The van der Waals surface area contributed by atoms with Gasteiger partial charge in [-0.3, -0.25) is 9.69 Å². The molecule has 0 N–H and O–H groups in total. The van der Waals surface area contributed by atoms with Crippen molar-refractivity contribution in [3.8, 4) is 11.1 Å². The molecule has 2 nitrogen and oxygen atoms in total. The maximum Gasteiger partial charge on any atom is 0.231 e. The standard InChI is InChI=1S/C18H19NO/c1-4-8-16(20)19-17-13(3)12(2)11-15(18(17)19)14-9-6-5-7-10-14/h5-7,9-11H,4,8H2,1-3H3. The third kappa shape index (κ3) is 1.92. The summed E-state index contributed by atoms with van der Waals surface area (Å²) < 4.78 is 0. The Labute approximate surface area is 120 Å². The molecule has 2 aromatic rings. The van der Waals surface area contributed by atoms with Gasteiger partial charge in [0.25, 0.3) is 0 Å². The summed E-state index contributed by atoms with van der Waals surface area (Å²) in [6, 6.07) is 12.5. The van der Waals surface area contributed by atoms with Gasteiger partial charge in [-0.05, 0) is 43.0 Å². The summed E-state index contributed by atoms with van der Waals surface area (Å²) in [4.78, 5) is 14.1. The average molecular weight is 265 g/mol. The molecule has 2 heteroatoms. The van der Waals surface area contributed by atoms with Crippen LogP contribution in [-0.4, -0.2) is 5.91 Å². The Bertz CT molecular complexity index is 674. The molecule has 1 amide bonds. The number of fused-ring (bicyclic) bond motifs is 1. The molecule has 1 aliphatic rings. The van der Waals surface area contributed by atoms with E-state index >= 15 is 0 Å². The van der Waals surface area contributed by atoms with Crippen molar-refractivity contribution in [2.75, 3.05) is 4.90 Å². The normalized spacial score (nSPS) is 12.2. The zero-order chi connectivity index (χ0) is 14.3. The summed E-state index contributed by atoms with van der Waals surface area (Å²) in [6.07, 6.45) is 1.50. The van der Waals surface area contributed by atoms with Gasteiger partial charge >= 0.3 is 0 Å². The Morgan fingerprint density at radius 3 is 2.45 bits per heavy atom. The molecule has 0 saturated heterocycles. The highest BCUT2D eigenvalue weighted by Gasteiger charge is 2.39. The van der Waals surface area contributed by atoms with Crippen molar-refractivity contribution in [1.82, 2.24) is 0 Å². The van der Waals surface area contributed by atoms with Crippen molar-refractivity contribution in [1.29, 1.82) is 0 Å². The van der Waals surface area contributed by atoms with Crippen LogP contribution >= 0.6 is 0 Å². The van der Waals surface area contributed by atoms with Crippen LogP contribution in [0.1, 0.15) is 30.9 Å². The largest absolute Gasteiger partial charge is 0.276 e. The summed E-state index contributed by atoms with van der Waals surface area (Å²) in [7, 11) is 0. The quantitative estimate of drug-likeness (QED) is 0.733. The van der Waals surface area contributed by atoms with Crippen LogP contribution in [0.5, 0.6) is 0 Å². The molecule has 1 heterocycles. The van der Waals surface area contributed by atoms with Crippen molar-refractivity contribution in [2.24, 2.45) is 0 Å². The predicted molar refractivity (Wildman–Crippen MR) is 83.4 cm³/mol. The monoisotopic (exact) mass is 265 g/mol. The lowest BCUT2D eigenvalue weighted by Gasteiger charge is -2.03. The van der Waals surface area contributed by atoms with E-state index in [1.165, 1.54) is 22.3 Å². The summed E-state index contributed by atoms with van der Waals surface area (Å²) in [5.41, 5.74) is 7.06. The zero-order valence-corrected chi connectivity index (χ0v) is 12.2. The number of benzene rings is 2. The lowest BCUT2D eigenvalue weighted by molar-refractivity contribution is -0.117. The maximum absolute atomic E-state index is 12.2. The molecular weight excluding hydrogens is 246 g/mol. The summed E-state index contributed by atoms with van der Waals surface area (Å²) in [5, 5.41) is 0. The number of carbonyl (C=O) groups excluding carboxylic acids is 1. The second kappa shape index (κ2) is 4.78. The van der Waals surface area contributed by atoms with Crippen molar-refractivity contribution in [3.05, 3.63) is 47.5 Å². The Kier molecular flexibility index (Phi) is 3.09. The van der Waals surface area contributed by atoms with Crippen LogP contribution < -0.4 is 4.90 Å². The number of amides is 1. The van der Waals surface area contributed by atoms with Gasteiger partial charge in [0.05, 0.1) is 11.4 Å². The van der Waals surface area contributed by atoms with Gasteiger partial charge in [-0.1, -0.05) is 37.3 Å². The number of aryl methyl sites for hydroxylation is 1. The molecule has 1 aliphatic heterocycles. The van der Waals surface area contributed by atoms with Gasteiger partial charge in [-0.15, -0.1) is 0 Å². The van der Waals surface area contributed by atoms with Crippen LogP contribution in [0.15, 0.2) is 36.4 Å². The number of rotatable bonds is 3. The van der Waals surface area contributed by atoms with Crippen molar-refractivity contribution >= 4 is 17.3 Å². The smallest absolute Gasteiger partial charge is 0.231 e. The molecule has 0 saturated carbocycles. The molecular formula is C18H19NO. The summed E-state index contributed by atoms with van der Waals surface area (Å²) in [6.45, 7) is 6.26. The highest BCUT2D eigenvalue weighted by Crippen LogP contribution is 2.57. The Morgan fingerprint density at radius 1 is 1.10 bits per heavy atom. The number of hydrogen-bond acceptors (Lipinski definition) is 1. The van der Waals surface area contributed by atoms with Crippen molar-refractivity contribution in [2.45, 2.75) is 33.6 Å². The molecule has 0 radical (unpaired) electrons. The fraction of sp³-hybridized carbons (Fsp3) is 0.278. The number of hydrogen-bond donors (Lipinski definition) is 0. The van der Waals surface area contributed by atoms with E-state index in [0.717, 1.165) is 17.8 Å². The second-order valence-electron chi connectivity index (χ2n) is 5.41. The molecule has 20 heavy (non-hydrogen) atoms. The van der Waals surface area contributed by atoms with Gasteiger partial charge in [-0.2, -0.15) is 0 Å². The van der Waals surface area contributed by atoms with Gasteiger partial charge in [0.1, 0.15) is 0 Å². The third-order valence-corrected chi connectivity index (χ3v) is 3.98.